The Morgan fingerprint density at radius 3 is 1.69 bits per heavy atom. The molecule has 2 aliphatic heterocycles. The number of hydrogen-bond acceptors (Lipinski definition) is 9. The van der Waals surface area contributed by atoms with Gasteiger partial charge in [0.2, 0.25) is 11.8 Å². The molecule has 2 amide bonds. The van der Waals surface area contributed by atoms with Crippen molar-refractivity contribution in [1.82, 2.24) is 9.80 Å². The summed E-state index contributed by atoms with van der Waals surface area (Å²) in [6, 6.07) is 9.47. The second kappa shape index (κ2) is 17.1. The molecule has 12 nitrogen and oxygen atoms in total. The van der Waals surface area contributed by atoms with Crippen LogP contribution in [0.3, 0.4) is 0 Å². The number of ether oxygens (including phenoxy) is 2. The maximum absolute atomic E-state index is 11.2. The Hall–Kier alpha value is -3.90. The van der Waals surface area contributed by atoms with E-state index in [0.717, 1.165) is 39.3 Å². The fraction of sp³-hybridized carbons (Fsp3) is 0.533. The maximum atomic E-state index is 11.2. The van der Waals surface area contributed by atoms with E-state index in [1.54, 1.807) is 18.2 Å². The maximum Gasteiger partial charge on any atom is 0.273 e. The number of benzene rings is 2. The number of nitro groups is 1. The third-order valence-corrected chi connectivity index (χ3v) is 7.03. The number of anilines is 3. The van der Waals surface area contributed by atoms with Crippen molar-refractivity contribution >= 4 is 34.6 Å². The number of non-ortho nitro benzene ring substituents is 1. The number of piperidine rings is 2. The molecule has 0 aromatic heterocycles. The van der Waals surface area contributed by atoms with E-state index in [1.807, 2.05) is 0 Å². The summed E-state index contributed by atoms with van der Waals surface area (Å²) in [5.41, 5.74) is 7.47. The Morgan fingerprint density at radius 1 is 0.786 bits per heavy atom. The van der Waals surface area contributed by atoms with Crippen molar-refractivity contribution in [1.29, 1.82) is 0 Å². The second-order valence-corrected chi connectivity index (χ2v) is 10.6. The van der Waals surface area contributed by atoms with Crippen molar-refractivity contribution in [2.24, 2.45) is 0 Å². The molecule has 230 valence electrons. The average Bonchev–Trinajstić information content (AvgIpc) is 2.96. The molecule has 0 saturated carbocycles. The van der Waals surface area contributed by atoms with Crippen molar-refractivity contribution in [2.75, 3.05) is 68.8 Å². The summed E-state index contributed by atoms with van der Waals surface area (Å²) >= 11 is 0. The van der Waals surface area contributed by atoms with E-state index in [1.165, 1.54) is 70.6 Å². The number of rotatable bonds is 11. The number of nitrogens with zero attached hydrogens (tertiary/aromatic N) is 3. The summed E-state index contributed by atoms with van der Waals surface area (Å²) in [6.07, 6.45) is 7.56. The largest absolute Gasteiger partial charge is 0.490 e. The van der Waals surface area contributed by atoms with Crippen LogP contribution in [-0.4, -0.2) is 79.0 Å². The summed E-state index contributed by atoms with van der Waals surface area (Å²) in [7, 11) is 0. The number of amides is 2. The number of nitro benzene ring substituents is 1. The highest BCUT2D eigenvalue weighted by molar-refractivity contribution is 5.91. The van der Waals surface area contributed by atoms with Gasteiger partial charge in [0.05, 0.1) is 22.4 Å². The van der Waals surface area contributed by atoms with Crippen LogP contribution < -0.4 is 25.8 Å². The van der Waals surface area contributed by atoms with Gasteiger partial charge in [-0.05, 0) is 70.1 Å². The van der Waals surface area contributed by atoms with Gasteiger partial charge >= 0.3 is 0 Å². The van der Waals surface area contributed by atoms with Crippen LogP contribution in [0.15, 0.2) is 36.4 Å². The van der Waals surface area contributed by atoms with Crippen molar-refractivity contribution in [3.05, 3.63) is 46.5 Å². The molecular weight excluding hydrogens is 540 g/mol. The molecule has 4 N–H and O–H groups in total. The van der Waals surface area contributed by atoms with Gasteiger partial charge in [-0.3, -0.25) is 29.5 Å². The number of nitrogens with one attached hydrogen (secondary N) is 2. The van der Waals surface area contributed by atoms with Gasteiger partial charge in [-0.1, -0.05) is 12.8 Å². The zero-order valence-electron chi connectivity index (χ0n) is 24.7. The minimum atomic E-state index is -0.477. The highest BCUT2D eigenvalue weighted by Crippen LogP contribution is 2.30. The Bertz CT molecular complexity index is 1180. The summed E-state index contributed by atoms with van der Waals surface area (Å²) in [6.45, 7) is 10.0. The molecule has 4 rings (SSSR count). The van der Waals surface area contributed by atoms with E-state index in [-0.39, 0.29) is 17.5 Å². The number of nitrogen functional groups attached to an aromatic ring is 1. The SMILES string of the molecule is CC(=O)Nc1ccc(N)cc1OCCN1CCCCC1.CC(=O)Nc1ccc([N+](=O)[O-])cc1OCCN1CCCCC1. The van der Waals surface area contributed by atoms with E-state index in [2.05, 4.69) is 20.4 Å². The average molecular weight is 585 g/mol. The molecule has 2 aromatic rings. The molecule has 42 heavy (non-hydrogen) atoms. The van der Waals surface area contributed by atoms with Gasteiger partial charge in [0.15, 0.2) is 0 Å². The zero-order chi connectivity index (χ0) is 30.3. The standard InChI is InChI=1S/C15H21N3O4.C15H23N3O2/c1-12(19)16-14-6-5-13(18(20)21)11-15(14)22-10-9-17-7-3-2-4-8-17;1-12(19)17-14-6-5-13(16)11-15(14)20-10-9-18-7-3-2-4-8-18/h5-6,11H,2-4,7-10H2,1H3,(H,16,19);5-6,11H,2-4,7-10,16H2,1H3,(H,17,19). The molecule has 0 spiro atoms. The first-order chi connectivity index (χ1) is 20.2. The third kappa shape index (κ3) is 11.5. The van der Waals surface area contributed by atoms with Gasteiger partial charge in [0, 0.05) is 44.8 Å². The molecular formula is C30H44N6O6. The number of nitrogens with two attached hydrogens (primary N) is 1. The highest BCUT2D eigenvalue weighted by Gasteiger charge is 2.15. The molecule has 0 radical (unpaired) electrons. The minimum Gasteiger partial charge on any atom is -0.490 e. The number of carbonyl (C=O) groups is 2. The molecule has 0 bridgehead atoms. The van der Waals surface area contributed by atoms with E-state index < -0.39 is 4.92 Å². The molecule has 2 heterocycles. The van der Waals surface area contributed by atoms with Crippen LogP contribution in [-0.2, 0) is 9.59 Å². The van der Waals surface area contributed by atoms with Gasteiger partial charge in [-0.25, -0.2) is 0 Å². The van der Waals surface area contributed by atoms with E-state index in [9.17, 15) is 19.7 Å². The molecule has 12 heteroatoms. The van der Waals surface area contributed by atoms with Crippen LogP contribution in [0.2, 0.25) is 0 Å². The van der Waals surface area contributed by atoms with Crippen LogP contribution in [0.4, 0.5) is 22.7 Å². The van der Waals surface area contributed by atoms with Crippen molar-refractivity contribution < 1.29 is 24.0 Å². The van der Waals surface area contributed by atoms with Crippen LogP contribution in [0.25, 0.3) is 0 Å². The summed E-state index contributed by atoms with van der Waals surface area (Å²) in [5.74, 6) is 0.615. The van der Waals surface area contributed by atoms with Gasteiger partial charge in [-0.2, -0.15) is 0 Å². The first kappa shape index (κ1) is 32.6. The lowest BCUT2D eigenvalue weighted by Gasteiger charge is -2.26. The fourth-order valence-corrected chi connectivity index (χ4v) is 4.92. The van der Waals surface area contributed by atoms with Gasteiger partial charge in [-0.15, -0.1) is 0 Å². The molecule has 2 saturated heterocycles. The van der Waals surface area contributed by atoms with Crippen LogP contribution >= 0.6 is 0 Å². The van der Waals surface area contributed by atoms with Crippen LogP contribution in [0.1, 0.15) is 52.4 Å². The molecule has 0 atom stereocenters. The fourth-order valence-electron chi connectivity index (χ4n) is 4.92. The lowest BCUT2D eigenvalue weighted by molar-refractivity contribution is -0.384. The molecule has 0 aliphatic carbocycles. The van der Waals surface area contributed by atoms with E-state index in [4.69, 9.17) is 15.2 Å². The highest BCUT2D eigenvalue weighted by atomic mass is 16.6. The Balaban J connectivity index is 0.000000231. The van der Waals surface area contributed by atoms with Gasteiger partial charge < -0.3 is 25.8 Å². The molecule has 2 aromatic carbocycles. The van der Waals surface area contributed by atoms with Gasteiger partial charge in [0.25, 0.3) is 5.69 Å². The summed E-state index contributed by atoms with van der Waals surface area (Å²) in [5, 5.41) is 16.2. The monoisotopic (exact) mass is 584 g/mol. The predicted molar refractivity (Wildman–Crippen MR) is 164 cm³/mol. The lowest BCUT2D eigenvalue weighted by atomic mass is 10.1. The Labute approximate surface area is 247 Å². The normalized spacial score (nSPS) is 15.6. The quantitative estimate of drug-likeness (QED) is 0.197. The first-order valence-electron chi connectivity index (χ1n) is 14.6. The topological polar surface area (TPSA) is 152 Å². The number of likely N-dealkylation sites (tertiary alicyclic amines) is 2. The predicted octanol–water partition coefficient (Wildman–Crippen LogP) is 4.51. The smallest absolute Gasteiger partial charge is 0.273 e. The van der Waals surface area contributed by atoms with E-state index in [0.29, 0.717) is 41.8 Å². The Morgan fingerprint density at radius 2 is 1.24 bits per heavy atom. The summed E-state index contributed by atoms with van der Waals surface area (Å²) in [4.78, 5) is 37.5. The van der Waals surface area contributed by atoms with Crippen LogP contribution in [0, 0.1) is 10.1 Å². The molecule has 0 unspecified atom stereocenters. The first-order valence-corrected chi connectivity index (χ1v) is 14.6. The minimum absolute atomic E-state index is 0.0536. The zero-order valence-corrected chi connectivity index (χ0v) is 24.7. The van der Waals surface area contributed by atoms with Gasteiger partial charge in [0.1, 0.15) is 24.7 Å². The lowest BCUT2D eigenvalue weighted by Crippen LogP contribution is -2.33. The van der Waals surface area contributed by atoms with Crippen LogP contribution in [0.5, 0.6) is 11.5 Å². The number of hydrogen-bond donors (Lipinski definition) is 3. The van der Waals surface area contributed by atoms with Crippen molar-refractivity contribution in [3.8, 4) is 11.5 Å². The Kier molecular flexibility index (Phi) is 13.3. The van der Waals surface area contributed by atoms with Crippen molar-refractivity contribution in [2.45, 2.75) is 52.4 Å². The number of carbonyl (C=O) groups excluding carboxylic acids is 2. The van der Waals surface area contributed by atoms with Crippen molar-refractivity contribution in [3.63, 3.8) is 0 Å². The summed E-state index contributed by atoms with van der Waals surface area (Å²) < 4.78 is 11.5. The molecule has 2 fully saturated rings. The third-order valence-electron chi connectivity index (χ3n) is 7.03. The second-order valence-electron chi connectivity index (χ2n) is 10.6. The molecule has 2 aliphatic rings. The van der Waals surface area contributed by atoms with E-state index >= 15 is 0 Å².